The molecule has 0 radical (unpaired) electrons. The molecule has 3 aromatic rings. The summed E-state index contributed by atoms with van der Waals surface area (Å²) in [5.74, 6) is -0.219. The SMILES string of the molecule is Cc1noc(-c2ccc(Br)c(F)c2)c1NC(=O)OC(C)c1ccccc1Cl. The molecule has 0 spiro atoms. The van der Waals surface area contributed by atoms with Crippen LogP contribution in [0, 0.1) is 12.7 Å². The first-order valence-electron chi connectivity index (χ1n) is 8.00. The van der Waals surface area contributed by atoms with Crippen molar-refractivity contribution in [1.82, 2.24) is 5.16 Å². The molecule has 2 aromatic carbocycles. The van der Waals surface area contributed by atoms with Gasteiger partial charge in [0, 0.05) is 16.1 Å². The van der Waals surface area contributed by atoms with E-state index in [1.807, 2.05) is 6.07 Å². The lowest BCUT2D eigenvalue weighted by molar-refractivity contribution is 0.121. The van der Waals surface area contributed by atoms with Crippen molar-refractivity contribution in [3.8, 4) is 11.3 Å². The number of ether oxygens (including phenoxy) is 1. The lowest BCUT2D eigenvalue weighted by Crippen LogP contribution is -2.17. The van der Waals surface area contributed by atoms with Crippen molar-refractivity contribution in [3.63, 3.8) is 0 Å². The van der Waals surface area contributed by atoms with Gasteiger partial charge >= 0.3 is 6.09 Å². The van der Waals surface area contributed by atoms with Gasteiger partial charge in [0.05, 0.1) is 4.47 Å². The van der Waals surface area contributed by atoms with Crippen LogP contribution < -0.4 is 5.32 Å². The van der Waals surface area contributed by atoms with Crippen molar-refractivity contribution in [2.24, 2.45) is 0 Å². The molecule has 0 fully saturated rings. The van der Waals surface area contributed by atoms with Gasteiger partial charge in [-0.1, -0.05) is 35.0 Å². The van der Waals surface area contributed by atoms with Gasteiger partial charge < -0.3 is 9.26 Å². The standard InChI is InChI=1S/C19H15BrClFN2O3/c1-10-17(18(27-24-10)12-7-8-14(20)16(22)9-12)23-19(25)26-11(2)13-5-3-4-6-15(13)21/h3-9,11H,1-2H3,(H,23,25). The number of hydrogen-bond acceptors (Lipinski definition) is 4. The number of nitrogens with zero attached hydrogens (tertiary/aromatic N) is 1. The van der Waals surface area contributed by atoms with E-state index < -0.39 is 18.0 Å². The molecule has 1 N–H and O–H groups in total. The van der Waals surface area contributed by atoms with E-state index in [-0.39, 0.29) is 5.76 Å². The number of aromatic nitrogens is 1. The van der Waals surface area contributed by atoms with Gasteiger partial charge in [0.1, 0.15) is 23.3 Å². The Balaban J connectivity index is 1.79. The van der Waals surface area contributed by atoms with Gasteiger partial charge in [-0.2, -0.15) is 0 Å². The summed E-state index contributed by atoms with van der Waals surface area (Å²) in [5, 5.41) is 6.97. The number of carbonyl (C=O) groups excluding carboxylic acids is 1. The number of benzene rings is 2. The Labute approximate surface area is 168 Å². The van der Waals surface area contributed by atoms with Crippen LogP contribution in [-0.4, -0.2) is 11.2 Å². The fourth-order valence-electron chi connectivity index (χ4n) is 2.51. The Morgan fingerprint density at radius 3 is 2.78 bits per heavy atom. The van der Waals surface area contributed by atoms with E-state index in [0.717, 1.165) is 0 Å². The fourth-order valence-corrected chi connectivity index (χ4v) is 3.05. The number of amides is 1. The summed E-state index contributed by atoms with van der Waals surface area (Å²) in [6, 6.07) is 11.6. The average Bonchev–Trinajstić information content (AvgIpc) is 2.98. The highest BCUT2D eigenvalue weighted by atomic mass is 79.9. The van der Waals surface area contributed by atoms with Crippen LogP contribution in [0.1, 0.15) is 24.3 Å². The van der Waals surface area contributed by atoms with E-state index in [0.29, 0.717) is 32.0 Å². The van der Waals surface area contributed by atoms with E-state index in [2.05, 4.69) is 26.4 Å². The van der Waals surface area contributed by atoms with Crippen molar-refractivity contribution in [3.05, 3.63) is 69.0 Å². The predicted molar refractivity (Wildman–Crippen MR) is 104 cm³/mol. The molecule has 0 bridgehead atoms. The van der Waals surface area contributed by atoms with Crippen LogP contribution in [0.5, 0.6) is 0 Å². The van der Waals surface area contributed by atoms with Crippen LogP contribution in [-0.2, 0) is 4.74 Å². The van der Waals surface area contributed by atoms with Gasteiger partial charge in [0.15, 0.2) is 5.76 Å². The molecule has 0 saturated heterocycles. The van der Waals surface area contributed by atoms with Crippen molar-refractivity contribution < 1.29 is 18.4 Å². The Bertz CT molecular complexity index is 993. The number of rotatable bonds is 4. The van der Waals surface area contributed by atoms with Crippen molar-refractivity contribution in [2.45, 2.75) is 20.0 Å². The second kappa shape index (κ2) is 8.10. The van der Waals surface area contributed by atoms with Crippen LogP contribution in [0.2, 0.25) is 5.02 Å². The molecule has 1 atom stereocenters. The molecular formula is C19H15BrClFN2O3. The molecule has 1 unspecified atom stereocenters. The van der Waals surface area contributed by atoms with Crippen LogP contribution in [0.15, 0.2) is 51.5 Å². The zero-order valence-corrected chi connectivity index (χ0v) is 16.8. The highest BCUT2D eigenvalue weighted by Crippen LogP contribution is 2.33. The molecule has 27 heavy (non-hydrogen) atoms. The average molecular weight is 454 g/mol. The van der Waals surface area contributed by atoms with Crippen LogP contribution in [0.25, 0.3) is 11.3 Å². The summed E-state index contributed by atoms with van der Waals surface area (Å²) >= 11 is 9.23. The highest BCUT2D eigenvalue weighted by Gasteiger charge is 2.21. The van der Waals surface area contributed by atoms with Crippen LogP contribution >= 0.6 is 27.5 Å². The van der Waals surface area contributed by atoms with Crippen LogP contribution in [0.3, 0.4) is 0 Å². The predicted octanol–water partition coefficient (Wildman–Crippen LogP) is 6.51. The van der Waals surface area contributed by atoms with Gasteiger partial charge in [-0.3, -0.25) is 5.32 Å². The molecule has 0 aliphatic rings. The molecule has 140 valence electrons. The maximum atomic E-state index is 13.8. The minimum Gasteiger partial charge on any atom is -0.441 e. The molecule has 0 aliphatic heterocycles. The Morgan fingerprint density at radius 2 is 2.07 bits per heavy atom. The Kier molecular flexibility index (Phi) is 5.82. The maximum Gasteiger partial charge on any atom is 0.412 e. The second-order valence-corrected chi connectivity index (χ2v) is 7.06. The molecule has 1 aromatic heterocycles. The summed E-state index contributed by atoms with van der Waals surface area (Å²) in [6.07, 6.45) is -1.26. The topological polar surface area (TPSA) is 64.4 Å². The molecule has 0 aliphatic carbocycles. The molecular weight excluding hydrogens is 439 g/mol. The zero-order valence-electron chi connectivity index (χ0n) is 14.4. The first-order valence-corrected chi connectivity index (χ1v) is 9.17. The summed E-state index contributed by atoms with van der Waals surface area (Å²) in [4.78, 5) is 12.3. The number of carbonyl (C=O) groups is 1. The highest BCUT2D eigenvalue weighted by molar-refractivity contribution is 9.10. The van der Waals surface area contributed by atoms with Gasteiger partial charge in [-0.05, 0) is 54.0 Å². The number of aryl methyl sites for hydroxylation is 1. The minimum absolute atomic E-state index is 0.237. The third-order valence-corrected chi connectivity index (χ3v) is 4.89. The maximum absolute atomic E-state index is 13.8. The molecule has 1 amide bonds. The zero-order chi connectivity index (χ0) is 19.6. The monoisotopic (exact) mass is 452 g/mol. The van der Waals surface area contributed by atoms with E-state index in [4.69, 9.17) is 20.9 Å². The van der Waals surface area contributed by atoms with Gasteiger partial charge in [0.25, 0.3) is 0 Å². The second-order valence-electron chi connectivity index (χ2n) is 5.80. The quantitative estimate of drug-likeness (QED) is 0.489. The molecule has 0 saturated carbocycles. The summed E-state index contributed by atoms with van der Waals surface area (Å²) < 4.78 is 24.8. The number of hydrogen-bond donors (Lipinski definition) is 1. The van der Waals surface area contributed by atoms with Gasteiger partial charge in [0.2, 0.25) is 0 Å². The first-order chi connectivity index (χ1) is 12.9. The molecule has 5 nitrogen and oxygen atoms in total. The smallest absolute Gasteiger partial charge is 0.412 e. The van der Waals surface area contributed by atoms with Crippen molar-refractivity contribution in [1.29, 1.82) is 0 Å². The lowest BCUT2D eigenvalue weighted by atomic mass is 10.1. The Hall–Kier alpha value is -2.38. The van der Waals surface area contributed by atoms with Gasteiger partial charge in [-0.25, -0.2) is 9.18 Å². The van der Waals surface area contributed by atoms with E-state index in [1.165, 1.54) is 6.07 Å². The van der Waals surface area contributed by atoms with Crippen molar-refractivity contribution >= 4 is 39.3 Å². The van der Waals surface area contributed by atoms with Gasteiger partial charge in [-0.15, -0.1) is 0 Å². The summed E-state index contributed by atoms with van der Waals surface area (Å²) in [7, 11) is 0. The number of anilines is 1. The molecule has 1 heterocycles. The number of halogens is 3. The third kappa shape index (κ3) is 4.31. The minimum atomic E-state index is -0.701. The third-order valence-electron chi connectivity index (χ3n) is 3.90. The summed E-state index contributed by atoms with van der Waals surface area (Å²) in [5.41, 5.74) is 1.88. The number of nitrogens with one attached hydrogen (secondary N) is 1. The van der Waals surface area contributed by atoms with Crippen molar-refractivity contribution in [2.75, 3.05) is 5.32 Å². The van der Waals surface area contributed by atoms with E-state index in [9.17, 15) is 9.18 Å². The fraction of sp³-hybridized carbons (Fsp3) is 0.158. The lowest BCUT2D eigenvalue weighted by Gasteiger charge is -2.15. The normalized spacial score (nSPS) is 11.9. The largest absolute Gasteiger partial charge is 0.441 e. The molecule has 3 rings (SSSR count). The Morgan fingerprint density at radius 1 is 1.33 bits per heavy atom. The van der Waals surface area contributed by atoms with E-state index >= 15 is 0 Å². The first kappa shape index (κ1) is 19.4. The van der Waals surface area contributed by atoms with E-state index in [1.54, 1.807) is 44.2 Å². The molecule has 8 heteroatoms. The summed E-state index contributed by atoms with van der Waals surface area (Å²) in [6.45, 7) is 3.38. The van der Waals surface area contributed by atoms with Crippen LogP contribution in [0.4, 0.5) is 14.9 Å².